The monoisotopic (exact) mass is 223 g/mol. The highest BCUT2D eigenvalue weighted by molar-refractivity contribution is 5.13. The fourth-order valence-electron chi connectivity index (χ4n) is 1.57. The van der Waals surface area contributed by atoms with Crippen molar-refractivity contribution < 1.29 is 5.11 Å². The van der Waals surface area contributed by atoms with E-state index in [-0.39, 0.29) is 12.1 Å². The second-order valence-electron chi connectivity index (χ2n) is 4.33. The molecule has 1 unspecified atom stereocenters. The van der Waals surface area contributed by atoms with Crippen LogP contribution in [0.15, 0.2) is 24.5 Å². The topological polar surface area (TPSA) is 48.4 Å². The molecule has 1 rings (SSSR count). The Hall–Kier alpha value is -0.970. The van der Waals surface area contributed by atoms with Crippen molar-refractivity contribution >= 4 is 0 Å². The van der Waals surface area contributed by atoms with Crippen LogP contribution in [-0.2, 0) is 0 Å². The maximum atomic E-state index is 9.70. The van der Waals surface area contributed by atoms with Crippen LogP contribution < -0.4 is 5.32 Å². The zero-order valence-electron chi connectivity index (χ0n) is 10.2. The summed E-state index contributed by atoms with van der Waals surface area (Å²) in [5.41, 5.74) is 1.19. The van der Waals surface area contributed by atoms with Gasteiger partial charge in [-0.15, -0.1) is 0 Å². The van der Waals surface area contributed by atoms with E-state index in [4.69, 9.17) is 0 Å². The van der Waals surface area contributed by atoms with Crippen molar-refractivity contribution in [1.82, 2.24) is 15.2 Å². The van der Waals surface area contributed by atoms with Crippen LogP contribution in [0.4, 0.5) is 0 Å². The number of hydrogen-bond donors (Lipinski definition) is 2. The number of nitrogens with zero attached hydrogens (tertiary/aromatic N) is 2. The predicted octanol–water partition coefficient (Wildman–Crippen LogP) is 0.655. The third-order valence-corrected chi connectivity index (χ3v) is 2.44. The Morgan fingerprint density at radius 2 is 2.00 bits per heavy atom. The summed E-state index contributed by atoms with van der Waals surface area (Å²) in [4.78, 5) is 5.95. The molecule has 0 fully saturated rings. The van der Waals surface area contributed by atoms with Crippen LogP contribution in [0, 0.1) is 0 Å². The number of hydrogen-bond acceptors (Lipinski definition) is 4. The molecule has 1 heterocycles. The smallest absolute Gasteiger partial charge is 0.0791 e. The van der Waals surface area contributed by atoms with Gasteiger partial charge in [-0.2, -0.15) is 0 Å². The number of nitrogens with one attached hydrogen (secondary N) is 1. The van der Waals surface area contributed by atoms with Crippen LogP contribution in [0.1, 0.15) is 18.5 Å². The number of rotatable bonds is 6. The second kappa shape index (κ2) is 6.58. The summed E-state index contributed by atoms with van der Waals surface area (Å²) in [6.07, 6.45) is 3.23. The van der Waals surface area contributed by atoms with Crippen LogP contribution in [0.3, 0.4) is 0 Å². The van der Waals surface area contributed by atoms with Crippen LogP contribution in [-0.4, -0.2) is 48.3 Å². The van der Waals surface area contributed by atoms with Gasteiger partial charge in [-0.25, -0.2) is 0 Å². The molecule has 1 aromatic rings. The first-order valence-corrected chi connectivity index (χ1v) is 5.55. The molecule has 0 saturated heterocycles. The van der Waals surface area contributed by atoms with Crippen molar-refractivity contribution in [2.45, 2.75) is 19.1 Å². The first-order valence-electron chi connectivity index (χ1n) is 5.55. The van der Waals surface area contributed by atoms with E-state index in [0.29, 0.717) is 13.1 Å². The van der Waals surface area contributed by atoms with Crippen LogP contribution in [0.25, 0.3) is 0 Å². The van der Waals surface area contributed by atoms with Gasteiger partial charge in [0.05, 0.1) is 6.10 Å². The fraction of sp³-hybridized carbons (Fsp3) is 0.583. The lowest BCUT2D eigenvalue weighted by Gasteiger charge is -2.19. The van der Waals surface area contributed by atoms with Gasteiger partial charge < -0.3 is 15.3 Å². The highest BCUT2D eigenvalue weighted by atomic mass is 16.3. The highest BCUT2D eigenvalue weighted by Gasteiger charge is 2.08. The molecule has 16 heavy (non-hydrogen) atoms. The molecule has 0 aliphatic carbocycles. The molecular weight excluding hydrogens is 202 g/mol. The van der Waals surface area contributed by atoms with Crippen LogP contribution >= 0.6 is 0 Å². The van der Waals surface area contributed by atoms with Gasteiger partial charge in [0.15, 0.2) is 0 Å². The summed E-state index contributed by atoms with van der Waals surface area (Å²) in [7, 11) is 3.91. The third-order valence-electron chi connectivity index (χ3n) is 2.44. The van der Waals surface area contributed by atoms with Crippen molar-refractivity contribution in [3.8, 4) is 0 Å². The molecule has 0 aromatic carbocycles. The SMILES string of the molecule is C[C@@H](NCC(O)CN(C)C)c1ccncc1. The minimum atomic E-state index is -0.334. The van der Waals surface area contributed by atoms with Crippen LogP contribution in [0.5, 0.6) is 0 Å². The Labute approximate surface area is 97.3 Å². The summed E-state index contributed by atoms with van der Waals surface area (Å²) >= 11 is 0. The average molecular weight is 223 g/mol. The standard InChI is InChI=1S/C12H21N3O/c1-10(11-4-6-13-7-5-11)14-8-12(16)9-15(2)3/h4-7,10,12,14,16H,8-9H2,1-3H3/t10-,12?/m1/s1. The minimum Gasteiger partial charge on any atom is -0.390 e. The van der Waals surface area contributed by atoms with Gasteiger partial charge in [0.25, 0.3) is 0 Å². The van der Waals surface area contributed by atoms with Gasteiger partial charge in [0, 0.05) is 31.5 Å². The van der Waals surface area contributed by atoms with Crippen molar-refractivity contribution in [3.63, 3.8) is 0 Å². The van der Waals surface area contributed by atoms with E-state index in [1.165, 1.54) is 5.56 Å². The number of pyridine rings is 1. The molecule has 90 valence electrons. The van der Waals surface area contributed by atoms with Gasteiger partial charge in [-0.05, 0) is 38.7 Å². The Morgan fingerprint density at radius 1 is 1.38 bits per heavy atom. The number of aliphatic hydroxyl groups is 1. The molecule has 0 aliphatic heterocycles. The van der Waals surface area contributed by atoms with Crippen molar-refractivity contribution in [1.29, 1.82) is 0 Å². The summed E-state index contributed by atoms with van der Waals surface area (Å²) in [5, 5.41) is 13.0. The molecule has 1 aromatic heterocycles. The van der Waals surface area contributed by atoms with Crippen molar-refractivity contribution in [3.05, 3.63) is 30.1 Å². The van der Waals surface area contributed by atoms with Gasteiger partial charge in [-0.1, -0.05) is 0 Å². The highest BCUT2D eigenvalue weighted by Crippen LogP contribution is 2.09. The minimum absolute atomic E-state index is 0.236. The molecule has 0 spiro atoms. The van der Waals surface area contributed by atoms with Crippen LogP contribution in [0.2, 0.25) is 0 Å². The van der Waals surface area contributed by atoms with Crippen molar-refractivity contribution in [2.24, 2.45) is 0 Å². The Morgan fingerprint density at radius 3 is 2.56 bits per heavy atom. The Kier molecular flexibility index (Phi) is 5.38. The van der Waals surface area contributed by atoms with E-state index in [9.17, 15) is 5.11 Å². The van der Waals surface area contributed by atoms with E-state index in [2.05, 4.69) is 17.2 Å². The Balaban J connectivity index is 2.33. The van der Waals surface area contributed by atoms with E-state index in [1.54, 1.807) is 12.4 Å². The third kappa shape index (κ3) is 4.70. The Bertz CT molecular complexity index is 290. The molecule has 0 aliphatic rings. The molecule has 0 amide bonds. The zero-order chi connectivity index (χ0) is 12.0. The molecule has 4 nitrogen and oxygen atoms in total. The molecule has 0 radical (unpaired) electrons. The van der Waals surface area contributed by atoms with E-state index < -0.39 is 0 Å². The van der Waals surface area contributed by atoms with E-state index >= 15 is 0 Å². The summed E-state index contributed by atoms with van der Waals surface area (Å²) in [6, 6.07) is 4.20. The van der Waals surface area contributed by atoms with Gasteiger partial charge >= 0.3 is 0 Å². The second-order valence-corrected chi connectivity index (χ2v) is 4.33. The zero-order valence-corrected chi connectivity index (χ0v) is 10.2. The van der Waals surface area contributed by atoms with E-state index in [0.717, 1.165) is 0 Å². The molecule has 0 bridgehead atoms. The van der Waals surface area contributed by atoms with Gasteiger partial charge in [0.2, 0.25) is 0 Å². The summed E-state index contributed by atoms with van der Waals surface area (Å²) in [5.74, 6) is 0. The first-order chi connectivity index (χ1) is 7.59. The summed E-state index contributed by atoms with van der Waals surface area (Å²) in [6.45, 7) is 3.36. The molecular formula is C12H21N3O. The van der Waals surface area contributed by atoms with E-state index in [1.807, 2.05) is 31.1 Å². The molecule has 4 heteroatoms. The number of aliphatic hydroxyl groups excluding tert-OH is 1. The lowest BCUT2D eigenvalue weighted by Crippen LogP contribution is -2.36. The first kappa shape index (κ1) is 13.1. The summed E-state index contributed by atoms with van der Waals surface area (Å²) < 4.78 is 0. The lowest BCUT2D eigenvalue weighted by molar-refractivity contribution is 0.132. The number of aromatic nitrogens is 1. The average Bonchev–Trinajstić information content (AvgIpc) is 2.26. The predicted molar refractivity (Wildman–Crippen MR) is 65.2 cm³/mol. The van der Waals surface area contributed by atoms with Gasteiger partial charge in [-0.3, -0.25) is 4.98 Å². The lowest BCUT2D eigenvalue weighted by atomic mass is 10.1. The quantitative estimate of drug-likeness (QED) is 0.743. The molecule has 2 N–H and O–H groups in total. The maximum Gasteiger partial charge on any atom is 0.0791 e. The molecule has 0 saturated carbocycles. The normalized spacial score (nSPS) is 15.1. The largest absolute Gasteiger partial charge is 0.390 e. The maximum absolute atomic E-state index is 9.70. The fourth-order valence-corrected chi connectivity index (χ4v) is 1.57. The molecule has 2 atom stereocenters. The number of likely N-dealkylation sites (N-methyl/N-ethyl adjacent to an activating group) is 1. The van der Waals surface area contributed by atoms with Crippen molar-refractivity contribution in [2.75, 3.05) is 27.2 Å². The van der Waals surface area contributed by atoms with Gasteiger partial charge in [0.1, 0.15) is 0 Å².